The molecule has 0 aliphatic heterocycles. The molecule has 0 aromatic heterocycles. The molecule has 0 saturated carbocycles. The van der Waals surface area contributed by atoms with Crippen molar-refractivity contribution in [3.8, 4) is 0 Å². The summed E-state index contributed by atoms with van der Waals surface area (Å²) >= 11 is 0. The van der Waals surface area contributed by atoms with E-state index >= 15 is 0 Å². The predicted molar refractivity (Wildman–Crippen MR) is 83.1 cm³/mol. The lowest BCUT2D eigenvalue weighted by molar-refractivity contribution is -0.273. The molecule has 0 spiro atoms. The first-order valence-corrected chi connectivity index (χ1v) is 7.06. The molecule has 0 amide bonds. The molecule has 0 aliphatic rings. The first-order chi connectivity index (χ1) is 11.7. The van der Waals surface area contributed by atoms with Gasteiger partial charge in [0.1, 0.15) is 12.5 Å². The Hall–Kier alpha value is -2.61. The lowest BCUT2D eigenvalue weighted by atomic mass is 9.85. The molecule has 1 aromatic carbocycles. The Morgan fingerprint density at radius 1 is 1.28 bits per heavy atom. The number of alkyl halides is 3. The van der Waals surface area contributed by atoms with Crippen molar-refractivity contribution in [2.24, 2.45) is 5.92 Å². The van der Waals surface area contributed by atoms with Gasteiger partial charge in [-0.3, -0.25) is 4.79 Å². The van der Waals surface area contributed by atoms with Crippen LogP contribution in [0.4, 0.5) is 13.2 Å². The van der Waals surface area contributed by atoms with Gasteiger partial charge in [-0.1, -0.05) is 55.1 Å². The van der Waals surface area contributed by atoms with Crippen LogP contribution in [0.15, 0.2) is 49.1 Å². The Kier molecular flexibility index (Phi) is 6.93. The zero-order chi connectivity index (χ0) is 19.1. The molecule has 0 heterocycles. The molecular formula is C17H17F3O5. The summed E-state index contributed by atoms with van der Waals surface area (Å²) in [6.07, 6.45) is -2.41. The SMILES string of the molecule is C=CCOC(=O)[C@@H](/C=C/c1ccccc1)[C@](O)(C(=O)OC)C(F)(F)F. The fourth-order valence-electron chi connectivity index (χ4n) is 1.97. The highest BCUT2D eigenvalue weighted by Crippen LogP contribution is 2.39. The number of aliphatic hydroxyl groups is 1. The molecule has 0 saturated heterocycles. The molecule has 1 N–H and O–H groups in total. The molecule has 8 heteroatoms. The number of carbonyl (C=O) groups excluding carboxylic acids is 2. The maximum Gasteiger partial charge on any atom is 0.429 e. The molecule has 0 aliphatic carbocycles. The van der Waals surface area contributed by atoms with Gasteiger partial charge >= 0.3 is 18.1 Å². The zero-order valence-corrected chi connectivity index (χ0v) is 13.3. The van der Waals surface area contributed by atoms with Gasteiger partial charge in [-0.05, 0) is 5.56 Å². The van der Waals surface area contributed by atoms with Gasteiger partial charge in [-0.25, -0.2) is 4.79 Å². The van der Waals surface area contributed by atoms with Crippen molar-refractivity contribution in [1.29, 1.82) is 0 Å². The summed E-state index contributed by atoms with van der Waals surface area (Å²) < 4.78 is 48.8. The Bertz CT molecular complexity index is 639. The summed E-state index contributed by atoms with van der Waals surface area (Å²) in [5.74, 6) is -5.82. The summed E-state index contributed by atoms with van der Waals surface area (Å²) in [4.78, 5) is 23.7. The summed E-state index contributed by atoms with van der Waals surface area (Å²) in [7, 11) is 0.673. The van der Waals surface area contributed by atoms with E-state index in [0.29, 0.717) is 12.7 Å². The molecule has 1 aromatic rings. The molecule has 5 nitrogen and oxygen atoms in total. The number of benzene rings is 1. The summed E-state index contributed by atoms with van der Waals surface area (Å²) in [6, 6.07) is 8.07. The van der Waals surface area contributed by atoms with Gasteiger partial charge in [-0.2, -0.15) is 13.2 Å². The van der Waals surface area contributed by atoms with Crippen LogP contribution >= 0.6 is 0 Å². The van der Waals surface area contributed by atoms with E-state index in [-0.39, 0.29) is 6.61 Å². The van der Waals surface area contributed by atoms with E-state index in [1.54, 1.807) is 30.3 Å². The molecule has 0 bridgehead atoms. The molecule has 1 rings (SSSR count). The lowest BCUT2D eigenvalue weighted by Gasteiger charge is -2.32. The van der Waals surface area contributed by atoms with E-state index in [2.05, 4.69) is 16.1 Å². The van der Waals surface area contributed by atoms with Gasteiger partial charge < -0.3 is 14.6 Å². The number of esters is 2. The van der Waals surface area contributed by atoms with Gasteiger partial charge in [0.25, 0.3) is 5.60 Å². The average Bonchev–Trinajstić information content (AvgIpc) is 2.58. The van der Waals surface area contributed by atoms with E-state index < -0.39 is 29.6 Å². The van der Waals surface area contributed by atoms with Crippen LogP contribution in [-0.4, -0.2) is 42.5 Å². The molecule has 0 fully saturated rings. The number of methoxy groups -OCH3 is 1. The van der Waals surface area contributed by atoms with Crippen LogP contribution in [0.3, 0.4) is 0 Å². The van der Waals surface area contributed by atoms with Crippen LogP contribution in [0.25, 0.3) is 6.08 Å². The normalized spacial score (nSPS) is 15.2. The van der Waals surface area contributed by atoms with Crippen LogP contribution in [0.2, 0.25) is 0 Å². The van der Waals surface area contributed by atoms with Gasteiger partial charge in [-0.15, -0.1) is 0 Å². The van der Waals surface area contributed by atoms with Crippen LogP contribution in [0, 0.1) is 5.92 Å². The Balaban J connectivity index is 3.36. The molecule has 136 valence electrons. The third kappa shape index (κ3) is 4.69. The standard InChI is InChI=1S/C17H17F3O5/c1-3-11-25-14(21)13(10-9-12-7-5-4-6-8-12)16(23,15(22)24-2)17(18,19)20/h3-10,13,23H,1,11H2,2H3/b10-9+/t13-,16+/m1/s1. The van der Waals surface area contributed by atoms with Crippen molar-refractivity contribution >= 4 is 18.0 Å². The first-order valence-electron chi connectivity index (χ1n) is 7.06. The second kappa shape index (κ2) is 8.48. The van der Waals surface area contributed by atoms with E-state index in [9.17, 15) is 27.9 Å². The highest BCUT2D eigenvalue weighted by molar-refractivity contribution is 5.90. The molecule has 0 unspecified atom stereocenters. The number of rotatable bonds is 7. The minimum Gasteiger partial charge on any atom is -0.467 e. The second-order valence-corrected chi connectivity index (χ2v) is 4.92. The highest BCUT2D eigenvalue weighted by Gasteiger charge is 2.67. The van der Waals surface area contributed by atoms with Crippen molar-refractivity contribution in [3.05, 3.63) is 54.6 Å². The van der Waals surface area contributed by atoms with Crippen molar-refractivity contribution in [2.75, 3.05) is 13.7 Å². The van der Waals surface area contributed by atoms with E-state index in [1.807, 2.05) is 0 Å². The Morgan fingerprint density at radius 2 is 1.88 bits per heavy atom. The van der Waals surface area contributed by atoms with Crippen molar-refractivity contribution in [3.63, 3.8) is 0 Å². The number of hydrogen-bond acceptors (Lipinski definition) is 5. The molecule has 0 radical (unpaired) electrons. The number of carbonyl (C=O) groups is 2. The summed E-state index contributed by atoms with van der Waals surface area (Å²) in [5, 5.41) is 10.0. The minimum atomic E-state index is -5.47. The highest BCUT2D eigenvalue weighted by atomic mass is 19.4. The van der Waals surface area contributed by atoms with Crippen LogP contribution in [0.5, 0.6) is 0 Å². The zero-order valence-electron chi connectivity index (χ0n) is 13.3. The molecule has 2 atom stereocenters. The summed E-state index contributed by atoms with van der Waals surface area (Å²) in [5.41, 5.74) is -3.64. The third-order valence-corrected chi connectivity index (χ3v) is 3.26. The summed E-state index contributed by atoms with van der Waals surface area (Å²) in [6.45, 7) is 2.89. The Labute approximate surface area is 142 Å². The van der Waals surface area contributed by atoms with Crippen molar-refractivity contribution < 1.29 is 37.3 Å². The second-order valence-electron chi connectivity index (χ2n) is 4.92. The van der Waals surface area contributed by atoms with Gasteiger partial charge in [0.05, 0.1) is 7.11 Å². The fourth-order valence-corrected chi connectivity index (χ4v) is 1.97. The maximum absolute atomic E-state index is 13.4. The van der Waals surface area contributed by atoms with Crippen molar-refractivity contribution in [2.45, 2.75) is 11.8 Å². The number of halogens is 3. The molecule has 25 heavy (non-hydrogen) atoms. The third-order valence-electron chi connectivity index (χ3n) is 3.26. The first kappa shape index (κ1) is 20.4. The van der Waals surface area contributed by atoms with E-state index in [4.69, 9.17) is 0 Å². The van der Waals surface area contributed by atoms with Gasteiger partial charge in [0, 0.05) is 0 Å². The topological polar surface area (TPSA) is 72.8 Å². The smallest absolute Gasteiger partial charge is 0.429 e. The number of hydrogen-bond donors (Lipinski definition) is 1. The Morgan fingerprint density at radius 3 is 2.36 bits per heavy atom. The quantitative estimate of drug-likeness (QED) is 0.599. The van der Waals surface area contributed by atoms with Crippen LogP contribution < -0.4 is 0 Å². The minimum absolute atomic E-state index is 0.385. The van der Waals surface area contributed by atoms with Crippen LogP contribution in [0.1, 0.15) is 5.56 Å². The largest absolute Gasteiger partial charge is 0.467 e. The van der Waals surface area contributed by atoms with E-state index in [0.717, 1.165) is 12.2 Å². The fraction of sp³-hybridized carbons (Fsp3) is 0.294. The molecular weight excluding hydrogens is 341 g/mol. The monoisotopic (exact) mass is 358 g/mol. The predicted octanol–water partition coefficient (Wildman–Crippen LogP) is 2.51. The average molecular weight is 358 g/mol. The van der Waals surface area contributed by atoms with Crippen LogP contribution in [-0.2, 0) is 19.1 Å². The number of ether oxygens (including phenoxy) is 2. The van der Waals surface area contributed by atoms with E-state index in [1.165, 1.54) is 6.08 Å². The van der Waals surface area contributed by atoms with Gasteiger partial charge in [0.15, 0.2) is 0 Å². The van der Waals surface area contributed by atoms with Gasteiger partial charge in [0.2, 0.25) is 0 Å². The maximum atomic E-state index is 13.4. The van der Waals surface area contributed by atoms with Crippen molar-refractivity contribution in [1.82, 2.24) is 0 Å². The lowest BCUT2D eigenvalue weighted by Crippen LogP contribution is -2.59.